The molecule has 0 atom stereocenters. The molecule has 0 bridgehead atoms. The molecule has 0 unspecified atom stereocenters. The zero-order valence-electron chi connectivity index (χ0n) is 9.62. The summed E-state index contributed by atoms with van der Waals surface area (Å²) in [6, 6.07) is 0.445. The smallest absolute Gasteiger partial charge is 0.303 e. The van der Waals surface area contributed by atoms with E-state index in [1.807, 2.05) is 7.05 Å². The van der Waals surface area contributed by atoms with Crippen LogP contribution in [0.15, 0.2) is 0 Å². The molecule has 0 aliphatic heterocycles. The van der Waals surface area contributed by atoms with Gasteiger partial charge in [-0.05, 0) is 20.9 Å². The Morgan fingerprint density at radius 2 is 1.93 bits per heavy atom. The van der Waals surface area contributed by atoms with E-state index in [1.165, 1.54) is 0 Å². The van der Waals surface area contributed by atoms with Crippen molar-refractivity contribution in [2.24, 2.45) is 0 Å². The lowest BCUT2D eigenvalue weighted by atomic mass is 10.3. The number of carboxylic acid groups (broad SMARTS) is 1. The second-order valence-corrected chi connectivity index (χ2v) is 3.82. The molecule has 0 saturated carbocycles. The molecule has 1 amide bonds. The van der Waals surface area contributed by atoms with E-state index < -0.39 is 5.97 Å². The molecule has 0 saturated heterocycles. The summed E-state index contributed by atoms with van der Waals surface area (Å²) in [5.74, 6) is -1.14. The van der Waals surface area contributed by atoms with Crippen molar-refractivity contribution >= 4 is 11.9 Å². The molecular formula is C10H20N2O3. The van der Waals surface area contributed by atoms with Crippen LogP contribution < -0.4 is 5.32 Å². The van der Waals surface area contributed by atoms with E-state index in [0.29, 0.717) is 12.6 Å². The van der Waals surface area contributed by atoms with Crippen molar-refractivity contribution in [2.75, 3.05) is 20.1 Å². The van der Waals surface area contributed by atoms with E-state index in [2.05, 4.69) is 24.1 Å². The van der Waals surface area contributed by atoms with Gasteiger partial charge >= 0.3 is 5.97 Å². The number of rotatable bonds is 7. The van der Waals surface area contributed by atoms with Crippen LogP contribution in [0.4, 0.5) is 0 Å². The molecule has 0 aliphatic carbocycles. The monoisotopic (exact) mass is 216 g/mol. The zero-order chi connectivity index (χ0) is 11.8. The molecule has 0 aromatic carbocycles. The highest BCUT2D eigenvalue weighted by Crippen LogP contribution is 1.92. The van der Waals surface area contributed by atoms with Crippen molar-refractivity contribution in [3.05, 3.63) is 0 Å². The van der Waals surface area contributed by atoms with E-state index >= 15 is 0 Å². The van der Waals surface area contributed by atoms with Crippen molar-refractivity contribution in [1.82, 2.24) is 10.2 Å². The van der Waals surface area contributed by atoms with Gasteiger partial charge in [0, 0.05) is 25.6 Å². The fourth-order valence-electron chi connectivity index (χ4n) is 0.939. The standard InChI is InChI=1S/C10H20N2O3/c1-8(2)12(3)7-6-11-9(13)4-5-10(14)15/h8H,4-7H2,1-3H3,(H,11,13)(H,14,15). The Balaban J connectivity index is 3.51. The summed E-state index contributed by atoms with van der Waals surface area (Å²) < 4.78 is 0. The summed E-state index contributed by atoms with van der Waals surface area (Å²) in [6.07, 6.45) is -0.0490. The quantitative estimate of drug-likeness (QED) is 0.642. The topological polar surface area (TPSA) is 69.6 Å². The number of hydrogen-bond donors (Lipinski definition) is 2. The average Bonchev–Trinajstić information content (AvgIpc) is 2.14. The summed E-state index contributed by atoms with van der Waals surface area (Å²) in [7, 11) is 1.98. The van der Waals surface area contributed by atoms with Gasteiger partial charge in [-0.15, -0.1) is 0 Å². The molecule has 0 aliphatic rings. The minimum absolute atomic E-state index is 0.0563. The highest BCUT2D eigenvalue weighted by atomic mass is 16.4. The van der Waals surface area contributed by atoms with Crippen LogP contribution in [0, 0.1) is 0 Å². The molecule has 0 aromatic rings. The summed E-state index contributed by atoms with van der Waals surface area (Å²) in [5, 5.41) is 11.0. The van der Waals surface area contributed by atoms with Crippen molar-refractivity contribution in [2.45, 2.75) is 32.7 Å². The molecule has 5 nitrogen and oxygen atoms in total. The SMILES string of the molecule is CC(C)N(C)CCNC(=O)CCC(=O)O. The van der Waals surface area contributed by atoms with Gasteiger partial charge in [-0.2, -0.15) is 0 Å². The predicted octanol–water partition coefficient (Wildman–Crippen LogP) is 0.308. The Kier molecular flexibility index (Phi) is 6.70. The Hall–Kier alpha value is -1.10. The number of amides is 1. The predicted molar refractivity (Wildman–Crippen MR) is 57.6 cm³/mol. The van der Waals surface area contributed by atoms with Crippen LogP contribution in [0.3, 0.4) is 0 Å². The van der Waals surface area contributed by atoms with E-state index in [1.54, 1.807) is 0 Å². The van der Waals surface area contributed by atoms with E-state index in [0.717, 1.165) is 6.54 Å². The second kappa shape index (κ2) is 7.23. The van der Waals surface area contributed by atoms with Gasteiger partial charge in [-0.25, -0.2) is 0 Å². The minimum Gasteiger partial charge on any atom is -0.481 e. The van der Waals surface area contributed by atoms with Crippen molar-refractivity contribution in [3.63, 3.8) is 0 Å². The summed E-state index contributed by atoms with van der Waals surface area (Å²) in [6.45, 7) is 5.49. The van der Waals surface area contributed by atoms with E-state index in [4.69, 9.17) is 5.11 Å². The zero-order valence-corrected chi connectivity index (χ0v) is 9.62. The lowest BCUT2D eigenvalue weighted by Crippen LogP contribution is -2.36. The molecular weight excluding hydrogens is 196 g/mol. The Labute approximate surface area is 90.5 Å². The normalized spacial score (nSPS) is 10.7. The molecule has 0 fully saturated rings. The number of carboxylic acids is 1. The molecule has 0 spiro atoms. The highest BCUT2D eigenvalue weighted by molar-refractivity contribution is 5.80. The summed E-state index contributed by atoms with van der Waals surface area (Å²) in [4.78, 5) is 23.4. The van der Waals surface area contributed by atoms with Crippen LogP contribution in [0.2, 0.25) is 0 Å². The maximum Gasteiger partial charge on any atom is 0.303 e. The molecule has 15 heavy (non-hydrogen) atoms. The van der Waals surface area contributed by atoms with Crippen molar-refractivity contribution in [3.8, 4) is 0 Å². The number of nitrogens with zero attached hydrogens (tertiary/aromatic N) is 1. The first-order valence-corrected chi connectivity index (χ1v) is 5.12. The van der Waals surface area contributed by atoms with Crippen LogP contribution in [0.1, 0.15) is 26.7 Å². The first-order chi connectivity index (χ1) is 6.93. The third-order valence-corrected chi connectivity index (χ3v) is 2.23. The number of carbonyl (C=O) groups is 2. The second-order valence-electron chi connectivity index (χ2n) is 3.82. The fraction of sp³-hybridized carbons (Fsp3) is 0.800. The minimum atomic E-state index is -0.940. The van der Waals surface area contributed by atoms with Gasteiger partial charge in [0.15, 0.2) is 0 Å². The third kappa shape index (κ3) is 7.93. The van der Waals surface area contributed by atoms with Crippen LogP contribution in [0.25, 0.3) is 0 Å². The third-order valence-electron chi connectivity index (χ3n) is 2.23. The number of carbonyl (C=O) groups excluding carboxylic acids is 1. The van der Waals surface area contributed by atoms with Crippen LogP contribution in [0.5, 0.6) is 0 Å². The van der Waals surface area contributed by atoms with Crippen LogP contribution >= 0.6 is 0 Å². The summed E-state index contributed by atoms with van der Waals surface area (Å²) in [5.41, 5.74) is 0. The lowest BCUT2D eigenvalue weighted by molar-refractivity contribution is -0.138. The molecule has 88 valence electrons. The maximum atomic E-state index is 11.1. The van der Waals surface area contributed by atoms with Gasteiger partial charge in [-0.1, -0.05) is 0 Å². The maximum absolute atomic E-state index is 11.1. The molecule has 0 radical (unpaired) electrons. The highest BCUT2D eigenvalue weighted by Gasteiger charge is 2.06. The average molecular weight is 216 g/mol. The van der Waals surface area contributed by atoms with Gasteiger partial charge in [-0.3, -0.25) is 9.59 Å². The van der Waals surface area contributed by atoms with Gasteiger partial charge in [0.1, 0.15) is 0 Å². The lowest BCUT2D eigenvalue weighted by Gasteiger charge is -2.20. The van der Waals surface area contributed by atoms with Gasteiger partial charge in [0.2, 0.25) is 5.91 Å². The van der Waals surface area contributed by atoms with E-state index in [9.17, 15) is 9.59 Å². The largest absolute Gasteiger partial charge is 0.481 e. The van der Waals surface area contributed by atoms with Gasteiger partial charge < -0.3 is 15.3 Å². The molecule has 5 heteroatoms. The van der Waals surface area contributed by atoms with Gasteiger partial charge in [0.05, 0.1) is 6.42 Å². The van der Waals surface area contributed by atoms with Crippen LogP contribution in [-0.2, 0) is 9.59 Å². The van der Waals surface area contributed by atoms with Crippen molar-refractivity contribution in [1.29, 1.82) is 0 Å². The first kappa shape index (κ1) is 13.9. The Morgan fingerprint density at radius 1 is 1.33 bits per heavy atom. The molecule has 2 N–H and O–H groups in total. The molecule has 0 aromatic heterocycles. The number of aliphatic carboxylic acids is 1. The Morgan fingerprint density at radius 3 is 2.40 bits per heavy atom. The molecule has 0 rings (SSSR count). The van der Waals surface area contributed by atoms with Crippen molar-refractivity contribution < 1.29 is 14.7 Å². The van der Waals surface area contributed by atoms with Gasteiger partial charge in [0.25, 0.3) is 0 Å². The Bertz CT molecular complexity index is 217. The fourth-order valence-corrected chi connectivity index (χ4v) is 0.939. The number of likely N-dealkylation sites (N-methyl/N-ethyl adjacent to an activating group) is 1. The first-order valence-electron chi connectivity index (χ1n) is 5.12. The van der Waals surface area contributed by atoms with E-state index in [-0.39, 0.29) is 18.7 Å². The molecule has 0 heterocycles. The number of hydrogen-bond acceptors (Lipinski definition) is 3. The van der Waals surface area contributed by atoms with Crippen LogP contribution in [-0.4, -0.2) is 48.1 Å². The summed E-state index contributed by atoms with van der Waals surface area (Å²) >= 11 is 0. The number of nitrogens with one attached hydrogen (secondary N) is 1.